The molecule has 0 saturated carbocycles. The number of nitrogens with zero attached hydrogens (tertiary/aromatic N) is 1. The summed E-state index contributed by atoms with van der Waals surface area (Å²) >= 11 is 1.52. The minimum absolute atomic E-state index is 0.594. The number of benzene rings is 1. The van der Waals surface area contributed by atoms with E-state index in [1.165, 1.54) is 11.8 Å². The molecule has 0 radical (unpaired) electrons. The van der Waals surface area contributed by atoms with Gasteiger partial charge in [-0.05, 0) is 12.1 Å². The first-order chi connectivity index (χ1) is 7.84. The number of oxazole rings is 1. The van der Waals surface area contributed by atoms with Crippen LogP contribution in [0.5, 0.6) is 5.75 Å². The van der Waals surface area contributed by atoms with Crippen LogP contribution in [0.1, 0.15) is 0 Å². The number of anilines is 1. The van der Waals surface area contributed by atoms with Crippen LogP contribution in [0.4, 0.5) is 5.69 Å². The molecule has 4 nitrogen and oxygen atoms in total. The number of nitrogens with two attached hydrogens (primary N) is 1. The summed E-state index contributed by atoms with van der Waals surface area (Å²) < 4.78 is 10.6. The Labute approximate surface area is 97.8 Å². The average Bonchev–Trinajstić information content (AvgIpc) is 2.77. The summed E-state index contributed by atoms with van der Waals surface area (Å²) in [6.07, 6.45) is 3.18. The molecule has 2 rings (SSSR count). The molecule has 0 saturated heterocycles. The highest BCUT2D eigenvalue weighted by Crippen LogP contribution is 2.17. The maximum absolute atomic E-state index is 5.63. The van der Waals surface area contributed by atoms with Crippen LogP contribution in [0.15, 0.2) is 46.4 Å². The van der Waals surface area contributed by atoms with Gasteiger partial charge in [-0.15, -0.1) is 0 Å². The predicted octanol–water partition coefficient (Wildman–Crippen LogP) is 2.43. The van der Waals surface area contributed by atoms with Gasteiger partial charge < -0.3 is 14.9 Å². The molecule has 0 unspecified atom stereocenters. The minimum Gasteiger partial charge on any atom is -0.493 e. The Bertz CT molecular complexity index is 431. The van der Waals surface area contributed by atoms with E-state index in [4.69, 9.17) is 14.9 Å². The molecule has 0 aliphatic carbocycles. The molecule has 1 heterocycles. The van der Waals surface area contributed by atoms with E-state index in [0.717, 1.165) is 11.5 Å². The molecular formula is C11H12N2O2S. The second-order valence-corrected chi connectivity index (χ2v) is 4.11. The van der Waals surface area contributed by atoms with Crippen LogP contribution in [0, 0.1) is 0 Å². The number of hydrogen-bond acceptors (Lipinski definition) is 5. The Hall–Kier alpha value is -1.62. The van der Waals surface area contributed by atoms with E-state index in [9.17, 15) is 0 Å². The van der Waals surface area contributed by atoms with E-state index in [0.29, 0.717) is 17.5 Å². The van der Waals surface area contributed by atoms with Crippen molar-refractivity contribution >= 4 is 17.4 Å². The number of rotatable bonds is 5. The number of hydrogen-bond donors (Lipinski definition) is 1. The zero-order chi connectivity index (χ0) is 11.2. The molecule has 0 aliphatic heterocycles. The lowest BCUT2D eigenvalue weighted by Gasteiger charge is -2.05. The molecule has 1 aromatic carbocycles. The summed E-state index contributed by atoms with van der Waals surface area (Å²) in [5, 5.41) is 0.663. The van der Waals surface area contributed by atoms with Crippen molar-refractivity contribution in [2.45, 2.75) is 5.22 Å². The number of ether oxygens (including phenoxy) is 1. The number of thioether (sulfide) groups is 1. The zero-order valence-corrected chi connectivity index (χ0v) is 9.44. The zero-order valence-electron chi connectivity index (χ0n) is 8.63. The Morgan fingerprint density at radius 3 is 3.12 bits per heavy atom. The molecule has 0 aliphatic rings. The van der Waals surface area contributed by atoms with Crippen molar-refractivity contribution in [2.75, 3.05) is 18.1 Å². The highest BCUT2D eigenvalue weighted by molar-refractivity contribution is 7.99. The van der Waals surface area contributed by atoms with E-state index < -0.39 is 0 Å². The van der Waals surface area contributed by atoms with Crippen LogP contribution in [0.2, 0.25) is 0 Å². The van der Waals surface area contributed by atoms with Gasteiger partial charge in [0.05, 0.1) is 12.8 Å². The second kappa shape index (κ2) is 5.46. The third-order valence-corrected chi connectivity index (χ3v) is 2.66. The molecular weight excluding hydrogens is 224 g/mol. The summed E-state index contributed by atoms with van der Waals surface area (Å²) in [7, 11) is 0. The van der Waals surface area contributed by atoms with Crippen molar-refractivity contribution in [1.82, 2.24) is 4.98 Å². The van der Waals surface area contributed by atoms with Crippen LogP contribution in [0.3, 0.4) is 0 Å². The summed E-state index contributed by atoms with van der Waals surface area (Å²) in [6.45, 7) is 0.594. The maximum atomic E-state index is 5.63. The van der Waals surface area contributed by atoms with Crippen molar-refractivity contribution in [3.8, 4) is 5.75 Å². The van der Waals surface area contributed by atoms with Gasteiger partial charge in [-0.25, -0.2) is 4.98 Å². The fourth-order valence-corrected chi connectivity index (χ4v) is 1.77. The Balaban J connectivity index is 1.72. The van der Waals surface area contributed by atoms with Gasteiger partial charge in [0.15, 0.2) is 0 Å². The molecule has 0 fully saturated rings. The molecule has 0 spiro atoms. The normalized spacial score (nSPS) is 10.2. The highest BCUT2D eigenvalue weighted by Gasteiger charge is 1.99. The van der Waals surface area contributed by atoms with E-state index in [1.54, 1.807) is 18.5 Å². The molecule has 5 heteroatoms. The largest absolute Gasteiger partial charge is 0.493 e. The van der Waals surface area contributed by atoms with Crippen LogP contribution in [-0.2, 0) is 0 Å². The second-order valence-electron chi connectivity index (χ2n) is 3.07. The number of nitrogen functional groups attached to an aromatic ring is 1. The van der Waals surface area contributed by atoms with Gasteiger partial charge in [0.1, 0.15) is 12.0 Å². The van der Waals surface area contributed by atoms with E-state index >= 15 is 0 Å². The van der Waals surface area contributed by atoms with Gasteiger partial charge in [0, 0.05) is 17.5 Å². The van der Waals surface area contributed by atoms with Crippen LogP contribution in [0.25, 0.3) is 0 Å². The molecule has 2 aromatic rings. The third-order valence-electron chi connectivity index (χ3n) is 1.85. The SMILES string of the molecule is Nc1cccc(OCCSc2ncco2)c1. The van der Waals surface area contributed by atoms with E-state index in [-0.39, 0.29) is 0 Å². The number of aromatic nitrogens is 1. The smallest absolute Gasteiger partial charge is 0.255 e. The summed E-state index contributed by atoms with van der Waals surface area (Å²) in [5.41, 5.74) is 6.34. The summed E-state index contributed by atoms with van der Waals surface area (Å²) in [4.78, 5) is 4.00. The van der Waals surface area contributed by atoms with Crippen LogP contribution in [-0.4, -0.2) is 17.3 Å². The van der Waals surface area contributed by atoms with Gasteiger partial charge in [0.2, 0.25) is 0 Å². The molecule has 1 aromatic heterocycles. The van der Waals surface area contributed by atoms with Crippen molar-refractivity contribution in [3.05, 3.63) is 36.7 Å². The fourth-order valence-electron chi connectivity index (χ4n) is 1.17. The molecule has 0 atom stereocenters. The summed E-state index contributed by atoms with van der Waals surface area (Å²) in [6, 6.07) is 7.38. The summed E-state index contributed by atoms with van der Waals surface area (Å²) in [5.74, 6) is 1.57. The maximum Gasteiger partial charge on any atom is 0.255 e. The van der Waals surface area contributed by atoms with Crippen molar-refractivity contribution in [2.24, 2.45) is 0 Å². The Kier molecular flexibility index (Phi) is 3.71. The van der Waals surface area contributed by atoms with Crippen molar-refractivity contribution in [1.29, 1.82) is 0 Å². The average molecular weight is 236 g/mol. The monoisotopic (exact) mass is 236 g/mol. The van der Waals surface area contributed by atoms with Gasteiger partial charge in [-0.2, -0.15) is 0 Å². The lowest BCUT2D eigenvalue weighted by atomic mass is 10.3. The predicted molar refractivity (Wildman–Crippen MR) is 63.6 cm³/mol. The lowest BCUT2D eigenvalue weighted by molar-refractivity contribution is 0.343. The minimum atomic E-state index is 0.594. The standard InChI is InChI=1S/C11H12N2O2S/c12-9-2-1-3-10(8-9)14-6-7-16-11-13-4-5-15-11/h1-5,8H,6-7,12H2. The Morgan fingerprint density at radius 1 is 1.44 bits per heavy atom. The highest BCUT2D eigenvalue weighted by atomic mass is 32.2. The van der Waals surface area contributed by atoms with Gasteiger partial charge in [0.25, 0.3) is 5.22 Å². The van der Waals surface area contributed by atoms with Crippen molar-refractivity contribution in [3.63, 3.8) is 0 Å². The topological polar surface area (TPSA) is 61.3 Å². The van der Waals surface area contributed by atoms with Gasteiger partial charge in [-0.3, -0.25) is 0 Å². The molecule has 16 heavy (non-hydrogen) atoms. The fraction of sp³-hybridized carbons (Fsp3) is 0.182. The molecule has 2 N–H and O–H groups in total. The van der Waals surface area contributed by atoms with Gasteiger partial charge in [-0.1, -0.05) is 17.8 Å². The van der Waals surface area contributed by atoms with Crippen molar-refractivity contribution < 1.29 is 9.15 Å². The molecule has 0 amide bonds. The first kappa shape index (κ1) is 10.9. The van der Waals surface area contributed by atoms with E-state index in [1.807, 2.05) is 18.2 Å². The molecule has 0 bridgehead atoms. The molecule has 84 valence electrons. The van der Waals surface area contributed by atoms with E-state index in [2.05, 4.69) is 4.98 Å². The third kappa shape index (κ3) is 3.20. The first-order valence-electron chi connectivity index (χ1n) is 4.85. The van der Waals surface area contributed by atoms with Crippen LogP contribution >= 0.6 is 11.8 Å². The lowest BCUT2D eigenvalue weighted by Crippen LogP contribution is -2.00. The quantitative estimate of drug-likeness (QED) is 0.491. The van der Waals surface area contributed by atoms with Gasteiger partial charge >= 0.3 is 0 Å². The van der Waals surface area contributed by atoms with Crippen LogP contribution < -0.4 is 10.5 Å². The Morgan fingerprint density at radius 2 is 2.38 bits per heavy atom. The first-order valence-corrected chi connectivity index (χ1v) is 5.84.